The highest BCUT2D eigenvalue weighted by atomic mass is 19.1. The van der Waals surface area contributed by atoms with E-state index in [-0.39, 0.29) is 12.2 Å². The number of rotatable bonds is 10. The lowest BCUT2D eigenvalue weighted by Crippen LogP contribution is -2.09. The summed E-state index contributed by atoms with van der Waals surface area (Å²) in [5.74, 6) is 1.17. The Hall–Kier alpha value is -3.80. The van der Waals surface area contributed by atoms with Crippen molar-refractivity contribution in [1.29, 1.82) is 0 Å². The average Bonchev–Trinajstić information content (AvgIpc) is 2.82. The second-order valence-corrected chi connectivity index (χ2v) is 6.99. The van der Waals surface area contributed by atoms with Gasteiger partial charge in [-0.1, -0.05) is 42.5 Å². The zero-order valence-electron chi connectivity index (χ0n) is 18.4. The summed E-state index contributed by atoms with van der Waals surface area (Å²) in [5, 5.41) is 3.29. The van der Waals surface area contributed by atoms with Gasteiger partial charge in [-0.15, -0.1) is 0 Å². The van der Waals surface area contributed by atoms with E-state index in [1.165, 1.54) is 12.1 Å². The van der Waals surface area contributed by atoms with Gasteiger partial charge in [0.25, 0.3) is 0 Å². The first kappa shape index (κ1) is 22.9. The Morgan fingerprint density at radius 3 is 2.28 bits per heavy atom. The highest BCUT2D eigenvalue weighted by molar-refractivity contribution is 5.96. The molecule has 0 aliphatic heterocycles. The van der Waals surface area contributed by atoms with Crippen LogP contribution >= 0.6 is 0 Å². The second kappa shape index (κ2) is 11.0. The molecule has 0 amide bonds. The van der Waals surface area contributed by atoms with Crippen LogP contribution in [0.25, 0.3) is 12.2 Å². The van der Waals surface area contributed by atoms with Gasteiger partial charge in [-0.05, 0) is 41.5 Å². The third-order valence-electron chi connectivity index (χ3n) is 4.92. The molecule has 0 aliphatic rings. The minimum Gasteiger partial charge on any atom is -0.493 e. The Bertz CT molecular complexity index is 1090. The minimum absolute atomic E-state index is 0.109. The number of hydrogen-bond donors (Lipinski definition) is 1. The monoisotopic (exact) mass is 435 g/mol. The van der Waals surface area contributed by atoms with E-state index in [9.17, 15) is 9.18 Å². The number of para-hydroxylation sites is 1. The van der Waals surface area contributed by atoms with Crippen LogP contribution in [0.3, 0.4) is 0 Å². The van der Waals surface area contributed by atoms with Crippen LogP contribution < -0.4 is 19.5 Å². The molecule has 0 aromatic heterocycles. The number of anilines is 1. The van der Waals surface area contributed by atoms with Crippen LogP contribution in [-0.4, -0.2) is 33.7 Å². The number of ether oxygens (including phenoxy) is 3. The van der Waals surface area contributed by atoms with E-state index >= 15 is 0 Å². The third kappa shape index (κ3) is 5.66. The van der Waals surface area contributed by atoms with Crippen LogP contribution in [0.2, 0.25) is 0 Å². The summed E-state index contributed by atoms with van der Waals surface area (Å²) >= 11 is 0. The lowest BCUT2D eigenvalue weighted by molar-refractivity contribution is 0.0986. The predicted octanol–water partition coefficient (Wildman–Crippen LogP) is 5.71. The van der Waals surface area contributed by atoms with Crippen LogP contribution in [0.1, 0.15) is 27.9 Å². The lowest BCUT2D eigenvalue weighted by atomic mass is 10.1. The van der Waals surface area contributed by atoms with E-state index < -0.39 is 5.82 Å². The van der Waals surface area contributed by atoms with Gasteiger partial charge in [-0.3, -0.25) is 4.79 Å². The summed E-state index contributed by atoms with van der Waals surface area (Å²) in [7, 11) is 4.72. The summed E-state index contributed by atoms with van der Waals surface area (Å²) in [4.78, 5) is 12.3. The van der Waals surface area contributed by atoms with Crippen molar-refractivity contribution in [2.45, 2.75) is 6.42 Å². The Morgan fingerprint density at radius 1 is 0.906 bits per heavy atom. The van der Waals surface area contributed by atoms with Crippen LogP contribution in [0.4, 0.5) is 10.1 Å². The molecule has 0 heterocycles. The highest BCUT2D eigenvalue weighted by Crippen LogP contribution is 2.38. The second-order valence-electron chi connectivity index (χ2n) is 6.99. The van der Waals surface area contributed by atoms with Crippen molar-refractivity contribution < 1.29 is 23.4 Å². The van der Waals surface area contributed by atoms with Crippen molar-refractivity contribution >= 4 is 23.6 Å². The maximum atomic E-state index is 13.3. The first-order valence-corrected chi connectivity index (χ1v) is 10.2. The summed E-state index contributed by atoms with van der Waals surface area (Å²) in [6, 6.07) is 17.3. The molecule has 0 fully saturated rings. The van der Waals surface area contributed by atoms with E-state index in [4.69, 9.17) is 14.2 Å². The Labute approximate surface area is 187 Å². The summed E-state index contributed by atoms with van der Waals surface area (Å²) in [5.41, 5.74) is 3.11. The molecule has 5 nitrogen and oxygen atoms in total. The highest BCUT2D eigenvalue weighted by Gasteiger charge is 2.12. The first-order valence-electron chi connectivity index (χ1n) is 10.2. The number of ketones is 1. The average molecular weight is 435 g/mol. The third-order valence-corrected chi connectivity index (χ3v) is 4.92. The molecule has 0 aliphatic carbocycles. The molecule has 3 rings (SSSR count). The molecule has 1 N–H and O–H groups in total. The lowest BCUT2D eigenvalue weighted by Gasteiger charge is -2.13. The number of nitrogens with one attached hydrogen (secondary N) is 1. The van der Waals surface area contributed by atoms with Crippen molar-refractivity contribution in [1.82, 2.24) is 0 Å². The Morgan fingerprint density at radius 2 is 1.62 bits per heavy atom. The van der Waals surface area contributed by atoms with Gasteiger partial charge in [0.2, 0.25) is 5.75 Å². The normalized spacial score (nSPS) is 10.8. The van der Waals surface area contributed by atoms with Crippen LogP contribution in [0, 0.1) is 5.82 Å². The maximum Gasteiger partial charge on any atom is 0.203 e. The number of hydrogen-bond acceptors (Lipinski definition) is 5. The van der Waals surface area contributed by atoms with Gasteiger partial charge in [0.15, 0.2) is 17.3 Å². The largest absolute Gasteiger partial charge is 0.493 e. The quantitative estimate of drug-likeness (QED) is 0.327. The number of benzene rings is 3. The number of Topliss-reactive ketones (excluding diaryl/α,β-unsaturated/α-hetero) is 1. The van der Waals surface area contributed by atoms with E-state index in [1.807, 2.05) is 48.6 Å². The van der Waals surface area contributed by atoms with E-state index in [2.05, 4.69) is 5.32 Å². The van der Waals surface area contributed by atoms with Crippen molar-refractivity contribution in [3.63, 3.8) is 0 Å². The van der Waals surface area contributed by atoms with E-state index in [0.29, 0.717) is 29.4 Å². The molecule has 3 aromatic carbocycles. The number of halogens is 1. The van der Waals surface area contributed by atoms with Crippen molar-refractivity contribution in [3.8, 4) is 17.2 Å². The SMILES string of the molecule is COc1cc(/C=C\c2ccccc2NCCC(=O)c2cccc(F)c2)cc(OC)c1OC. The fourth-order valence-corrected chi connectivity index (χ4v) is 3.30. The van der Waals surface area contributed by atoms with E-state index in [0.717, 1.165) is 16.8 Å². The van der Waals surface area contributed by atoms with Crippen LogP contribution in [0.5, 0.6) is 17.2 Å². The van der Waals surface area contributed by atoms with Crippen molar-refractivity contribution in [3.05, 3.63) is 83.2 Å². The molecule has 0 saturated carbocycles. The van der Waals surface area contributed by atoms with Gasteiger partial charge < -0.3 is 19.5 Å². The fourth-order valence-electron chi connectivity index (χ4n) is 3.30. The van der Waals surface area contributed by atoms with Crippen LogP contribution in [-0.2, 0) is 0 Å². The Kier molecular flexibility index (Phi) is 7.86. The molecule has 0 radical (unpaired) electrons. The molecule has 3 aromatic rings. The van der Waals surface area contributed by atoms with Crippen molar-refractivity contribution in [2.75, 3.05) is 33.2 Å². The molecular weight excluding hydrogens is 409 g/mol. The Balaban J connectivity index is 1.71. The minimum atomic E-state index is -0.411. The van der Waals surface area contributed by atoms with Gasteiger partial charge in [0, 0.05) is 24.2 Å². The maximum absolute atomic E-state index is 13.3. The molecule has 166 valence electrons. The number of carbonyl (C=O) groups is 1. The van der Waals surface area contributed by atoms with Crippen LogP contribution in [0.15, 0.2) is 60.7 Å². The number of carbonyl (C=O) groups excluding carboxylic acids is 1. The zero-order valence-corrected chi connectivity index (χ0v) is 18.4. The molecule has 0 bridgehead atoms. The fraction of sp³-hybridized carbons (Fsp3) is 0.192. The summed E-state index contributed by atoms with van der Waals surface area (Å²) in [6.45, 7) is 0.435. The smallest absolute Gasteiger partial charge is 0.203 e. The van der Waals surface area contributed by atoms with Gasteiger partial charge in [-0.25, -0.2) is 4.39 Å². The standard InChI is InChI=1S/C26H26FNO4/c1-30-24-15-18(16-25(31-2)26(24)32-3)11-12-19-7-4-5-10-22(19)28-14-13-23(29)20-8-6-9-21(27)17-20/h4-12,15-17,28H,13-14H2,1-3H3/b12-11-. The van der Waals surface area contributed by atoms with Gasteiger partial charge in [0.1, 0.15) is 5.82 Å². The molecular formula is C26H26FNO4. The van der Waals surface area contributed by atoms with E-state index in [1.54, 1.807) is 33.5 Å². The molecule has 6 heteroatoms. The molecule has 0 saturated heterocycles. The summed E-state index contributed by atoms with van der Waals surface area (Å²) < 4.78 is 29.5. The number of methoxy groups -OCH3 is 3. The van der Waals surface area contributed by atoms with Gasteiger partial charge in [0.05, 0.1) is 21.3 Å². The van der Waals surface area contributed by atoms with Crippen molar-refractivity contribution in [2.24, 2.45) is 0 Å². The zero-order chi connectivity index (χ0) is 22.9. The summed E-state index contributed by atoms with van der Waals surface area (Å²) in [6.07, 6.45) is 4.18. The van der Waals surface area contributed by atoms with Gasteiger partial charge in [-0.2, -0.15) is 0 Å². The molecule has 0 spiro atoms. The first-order chi connectivity index (χ1) is 15.5. The topological polar surface area (TPSA) is 56.8 Å². The molecule has 0 atom stereocenters. The van der Waals surface area contributed by atoms with Gasteiger partial charge >= 0.3 is 0 Å². The molecule has 32 heavy (non-hydrogen) atoms. The molecule has 0 unspecified atom stereocenters. The predicted molar refractivity (Wildman–Crippen MR) is 125 cm³/mol.